The molecule has 0 aromatic carbocycles. The molecule has 7 heteroatoms. The number of likely N-dealkylation sites (tertiary alicyclic amines) is 1. The van der Waals surface area contributed by atoms with E-state index in [1.165, 1.54) is 0 Å². The number of halogens is 1. The Morgan fingerprint density at radius 1 is 1.44 bits per heavy atom. The molecule has 5 nitrogen and oxygen atoms in total. The summed E-state index contributed by atoms with van der Waals surface area (Å²) in [6.07, 6.45) is 1.58. The minimum absolute atomic E-state index is 0.0832. The van der Waals surface area contributed by atoms with Crippen LogP contribution in [-0.4, -0.2) is 34.8 Å². The third-order valence-corrected chi connectivity index (χ3v) is 4.37. The Balaban J connectivity index is 2.14. The molecule has 0 unspecified atom stereocenters. The fraction of sp³-hybridized carbons (Fsp3) is 0.545. The average Bonchev–Trinajstić information content (AvgIpc) is 2.71. The lowest BCUT2D eigenvalue weighted by Gasteiger charge is -2.30. The van der Waals surface area contributed by atoms with Gasteiger partial charge >= 0.3 is 0 Å². The highest BCUT2D eigenvalue weighted by Gasteiger charge is 2.27. The second-order valence-corrected chi connectivity index (χ2v) is 5.91. The summed E-state index contributed by atoms with van der Waals surface area (Å²) in [6.45, 7) is 2.94. The van der Waals surface area contributed by atoms with Crippen molar-refractivity contribution in [1.29, 1.82) is 0 Å². The Morgan fingerprint density at radius 3 is 2.56 bits per heavy atom. The predicted octanol–water partition coefficient (Wildman–Crippen LogP) is 1.62. The van der Waals surface area contributed by atoms with Crippen LogP contribution in [0.1, 0.15) is 41.0 Å². The Hall–Kier alpha value is -1.14. The molecule has 1 aliphatic heterocycles. The standard InChI is InChI=1S/C11H14ClN3O2S/c1-6(16)15-4-2-7(3-5-15)8-9(10(13)17)18-11(12)14-8/h7H,2-5H2,1H3,(H2,13,17). The molecular formula is C11H14ClN3O2S. The van der Waals surface area contributed by atoms with E-state index in [1.54, 1.807) is 11.8 Å². The van der Waals surface area contributed by atoms with Crippen LogP contribution in [0.15, 0.2) is 0 Å². The first-order valence-corrected chi connectivity index (χ1v) is 6.90. The molecule has 18 heavy (non-hydrogen) atoms. The molecule has 2 rings (SSSR count). The van der Waals surface area contributed by atoms with E-state index in [0.29, 0.717) is 28.1 Å². The maximum Gasteiger partial charge on any atom is 0.260 e. The molecule has 2 N–H and O–H groups in total. The zero-order valence-corrected chi connectivity index (χ0v) is 11.6. The van der Waals surface area contributed by atoms with Crippen molar-refractivity contribution >= 4 is 34.8 Å². The molecule has 1 fully saturated rings. The van der Waals surface area contributed by atoms with Crippen molar-refractivity contribution in [3.63, 3.8) is 0 Å². The zero-order valence-electron chi connectivity index (χ0n) is 9.98. The van der Waals surface area contributed by atoms with Crippen molar-refractivity contribution in [3.8, 4) is 0 Å². The van der Waals surface area contributed by atoms with Gasteiger partial charge in [-0.15, -0.1) is 0 Å². The van der Waals surface area contributed by atoms with Crippen molar-refractivity contribution in [2.45, 2.75) is 25.7 Å². The molecule has 0 aliphatic carbocycles. The highest BCUT2D eigenvalue weighted by molar-refractivity contribution is 7.17. The Morgan fingerprint density at radius 2 is 2.06 bits per heavy atom. The van der Waals surface area contributed by atoms with Gasteiger partial charge in [0.1, 0.15) is 4.88 Å². The molecule has 2 amide bonds. The summed E-state index contributed by atoms with van der Waals surface area (Å²) in [4.78, 5) is 29.0. The molecule has 0 saturated carbocycles. The van der Waals surface area contributed by atoms with Crippen LogP contribution in [0.5, 0.6) is 0 Å². The lowest BCUT2D eigenvalue weighted by atomic mass is 9.92. The van der Waals surface area contributed by atoms with Gasteiger partial charge < -0.3 is 10.6 Å². The van der Waals surface area contributed by atoms with Gasteiger partial charge in [0.05, 0.1) is 5.69 Å². The van der Waals surface area contributed by atoms with Gasteiger partial charge in [-0.2, -0.15) is 0 Å². The molecule has 0 atom stereocenters. The molecular weight excluding hydrogens is 274 g/mol. The number of thiazole rings is 1. The third kappa shape index (κ3) is 2.64. The van der Waals surface area contributed by atoms with Gasteiger partial charge in [0, 0.05) is 25.9 Å². The summed E-state index contributed by atoms with van der Waals surface area (Å²) in [6, 6.07) is 0. The number of hydrogen-bond donors (Lipinski definition) is 1. The van der Waals surface area contributed by atoms with Crippen LogP contribution in [0.25, 0.3) is 0 Å². The summed E-state index contributed by atoms with van der Waals surface area (Å²) in [5, 5.41) is 0. The topological polar surface area (TPSA) is 76.3 Å². The summed E-state index contributed by atoms with van der Waals surface area (Å²) in [5.74, 6) is -0.241. The van der Waals surface area contributed by atoms with Crippen LogP contribution in [0, 0.1) is 0 Å². The van der Waals surface area contributed by atoms with E-state index in [4.69, 9.17) is 17.3 Å². The number of piperidine rings is 1. The Labute approximate surface area is 114 Å². The van der Waals surface area contributed by atoms with Crippen molar-refractivity contribution in [2.75, 3.05) is 13.1 Å². The van der Waals surface area contributed by atoms with Gasteiger partial charge in [-0.25, -0.2) is 4.98 Å². The quantitative estimate of drug-likeness (QED) is 0.898. The Kier molecular flexibility index (Phi) is 3.87. The van der Waals surface area contributed by atoms with Crippen LogP contribution in [0.4, 0.5) is 0 Å². The molecule has 2 heterocycles. The van der Waals surface area contributed by atoms with Crippen molar-refractivity contribution < 1.29 is 9.59 Å². The zero-order chi connectivity index (χ0) is 13.3. The number of hydrogen-bond acceptors (Lipinski definition) is 4. The number of nitrogens with two attached hydrogens (primary N) is 1. The summed E-state index contributed by atoms with van der Waals surface area (Å²) >= 11 is 6.97. The molecule has 1 aromatic heterocycles. The smallest absolute Gasteiger partial charge is 0.260 e. The van der Waals surface area contributed by atoms with Crippen molar-refractivity contribution in [2.24, 2.45) is 5.73 Å². The summed E-state index contributed by atoms with van der Waals surface area (Å²) in [5.41, 5.74) is 6.01. The van der Waals surface area contributed by atoms with Gasteiger partial charge in [0.15, 0.2) is 4.47 Å². The molecule has 0 bridgehead atoms. The second kappa shape index (κ2) is 5.24. The van der Waals surface area contributed by atoms with E-state index in [2.05, 4.69) is 4.98 Å². The number of aromatic nitrogens is 1. The van der Waals surface area contributed by atoms with Crippen molar-refractivity contribution in [3.05, 3.63) is 15.0 Å². The number of nitrogens with zero attached hydrogens (tertiary/aromatic N) is 2. The van der Waals surface area contributed by atoms with Crippen LogP contribution >= 0.6 is 22.9 Å². The molecule has 0 radical (unpaired) electrons. The van der Waals surface area contributed by atoms with E-state index < -0.39 is 5.91 Å². The number of rotatable bonds is 2. The maximum absolute atomic E-state index is 11.3. The normalized spacial score (nSPS) is 16.9. The molecule has 1 saturated heterocycles. The van der Waals surface area contributed by atoms with Crippen LogP contribution in [0.3, 0.4) is 0 Å². The monoisotopic (exact) mass is 287 g/mol. The minimum atomic E-state index is -0.483. The SMILES string of the molecule is CC(=O)N1CCC(c2nc(Cl)sc2C(N)=O)CC1. The van der Waals surface area contributed by atoms with E-state index in [0.717, 1.165) is 24.2 Å². The van der Waals surface area contributed by atoms with E-state index in [-0.39, 0.29) is 11.8 Å². The lowest BCUT2D eigenvalue weighted by molar-refractivity contribution is -0.129. The van der Waals surface area contributed by atoms with Crippen LogP contribution in [0.2, 0.25) is 4.47 Å². The number of carbonyl (C=O) groups excluding carboxylic acids is 2. The number of primary amides is 1. The molecule has 1 aromatic rings. The largest absolute Gasteiger partial charge is 0.365 e. The number of carbonyl (C=O) groups is 2. The fourth-order valence-corrected chi connectivity index (χ4v) is 3.28. The summed E-state index contributed by atoms with van der Waals surface area (Å²) < 4.78 is 0.341. The van der Waals surface area contributed by atoms with Gasteiger partial charge in [-0.1, -0.05) is 22.9 Å². The van der Waals surface area contributed by atoms with Crippen LogP contribution in [-0.2, 0) is 4.79 Å². The van der Waals surface area contributed by atoms with Gasteiger partial charge in [-0.3, -0.25) is 9.59 Å². The van der Waals surface area contributed by atoms with Gasteiger partial charge in [0.2, 0.25) is 5.91 Å². The van der Waals surface area contributed by atoms with Crippen molar-refractivity contribution in [1.82, 2.24) is 9.88 Å². The van der Waals surface area contributed by atoms with Crippen LogP contribution < -0.4 is 5.73 Å². The van der Waals surface area contributed by atoms with Gasteiger partial charge in [0.25, 0.3) is 5.91 Å². The fourth-order valence-electron chi connectivity index (χ4n) is 2.23. The van der Waals surface area contributed by atoms with E-state index >= 15 is 0 Å². The molecule has 0 spiro atoms. The average molecular weight is 288 g/mol. The third-order valence-electron chi connectivity index (χ3n) is 3.18. The predicted molar refractivity (Wildman–Crippen MR) is 69.9 cm³/mol. The van der Waals surface area contributed by atoms with Gasteiger partial charge in [-0.05, 0) is 12.8 Å². The minimum Gasteiger partial charge on any atom is -0.365 e. The van der Waals surface area contributed by atoms with E-state index in [1.807, 2.05) is 0 Å². The van der Waals surface area contributed by atoms with E-state index in [9.17, 15) is 9.59 Å². The first-order chi connectivity index (χ1) is 8.49. The maximum atomic E-state index is 11.3. The highest BCUT2D eigenvalue weighted by atomic mass is 35.5. The summed E-state index contributed by atoms with van der Waals surface area (Å²) in [7, 11) is 0. The highest BCUT2D eigenvalue weighted by Crippen LogP contribution is 2.34. The Bertz CT molecular complexity index is 481. The number of amides is 2. The molecule has 1 aliphatic rings. The first kappa shape index (κ1) is 13.3. The lowest BCUT2D eigenvalue weighted by Crippen LogP contribution is -2.36. The first-order valence-electron chi connectivity index (χ1n) is 5.70. The second-order valence-electron chi connectivity index (χ2n) is 4.33. The molecule has 98 valence electrons.